The highest BCUT2D eigenvalue weighted by Gasteiger charge is 2.61. The molecule has 0 aromatic rings. The van der Waals surface area contributed by atoms with E-state index in [4.69, 9.17) is 4.74 Å². The van der Waals surface area contributed by atoms with Crippen molar-refractivity contribution in [1.82, 2.24) is 0 Å². The van der Waals surface area contributed by atoms with Gasteiger partial charge in [-0.05, 0) is 25.0 Å². The van der Waals surface area contributed by atoms with Crippen LogP contribution in [0, 0.1) is 11.8 Å². The molecule has 15 heavy (non-hydrogen) atoms. The zero-order chi connectivity index (χ0) is 10.2. The van der Waals surface area contributed by atoms with Gasteiger partial charge in [-0.15, -0.1) is 0 Å². The van der Waals surface area contributed by atoms with Crippen molar-refractivity contribution in [2.45, 2.75) is 25.0 Å². The van der Waals surface area contributed by atoms with E-state index in [1.807, 2.05) is 0 Å². The van der Waals surface area contributed by atoms with Gasteiger partial charge in [-0.3, -0.25) is 9.59 Å². The lowest BCUT2D eigenvalue weighted by Gasteiger charge is -2.36. The molecule has 4 unspecified atom stereocenters. The van der Waals surface area contributed by atoms with Crippen LogP contribution in [0.2, 0.25) is 0 Å². The smallest absolute Gasteiger partial charge is 0.182 e. The van der Waals surface area contributed by atoms with Gasteiger partial charge in [-0.1, -0.05) is 0 Å². The van der Waals surface area contributed by atoms with Crippen LogP contribution < -0.4 is 0 Å². The van der Waals surface area contributed by atoms with Gasteiger partial charge in [0.15, 0.2) is 11.6 Å². The fourth-order valence-electron chi connectivity index (χ4n) is 3.45. The lowest BCUT2D eigenvalue weighted by Crippen LogP contribution is -2.39. The number of carbonyl (C=O) groups is 2. The molecule has 1 saturated carbocycles. The summed E-state index contributed by atoms with van der Waals surface area (Å²) in [5, 5.41) is 0. The largest absolute Gasteiger partial charge is 0.368 e. The molecule has 3 heteroatoms. The van der Waals surface area contributed by atoms with Crippen LogP contribution in [-0.2, 0) is 14.3 Å². The molecule has 5 aliphatic rings. The van der Waals surface area contributed by atoms with E-state index in [0.717, 1.165) is 24.0 Å². The highest BCUT2D eigenvalue weighted by Crippen LogP contribution is 2.56. The number of hydrogen-bond donors (Lipinski definition) is 0. The Bertz CT molecular complexity index is 417. The van der Waals surface area contributed by atoms with Crippen LogP contribution in [0.1, 0.15) is 12.8 Å². The summed E-state index contributed by atoms with van der Waals surface area (Å²) >= 11 is 0. The summed E-state index contributed by atoms with van der Waals surface area (Å²) in [5.74, 6) is 0.481. The maximum atomic E-state index is 11.8. The molecule has 76 valence electrons. The summed E-state index contributed by atoms with van der Waals surface area (Å²) in [6, 6.07) is 0. The fourth-order valence-corrected chi connectivity index (χ4v) is 3.45. The highest BCUT2D eigenvalue weighted by molar-refractivity contribution is 6.21. The topological polar surface area (TPSA) is 46.7 Å². The number of allylic oxidation sites excluding steroid dienone is 2. The van der Waals surface area contributed by atoms with Crippen LogP contribution in [0.15, 0.2) is 23.3 Å². The van der Waals surface area contributed by atoms with Crippen LogP contribution >= 0.6 is 0 Å². The number of ketones is 2. The molecule has 3 nitrogen and oxygen atoms in total. The quantitative estimate of drug-likeness (QED) is 0.431. The Kier molecular flexibility index (Phi) is 1.22. The second kappa shape index (κ2) is 2.30. The van der Waals surface area contributed by atoms with Gasteiger partial charge < -0.3 is 4.74 Å². The summed E-state index contributed by atoms with van der Waals surface area (Å²) in [4.78, 5) is 23.6. The van der Waals surface area contributed by atoms with Gasteiger partial charge in [0.05, 0.1) is 12.2 Å². The van der Waals surface area contributed by atoms with Crippen molar-refractivity contribution in [2.75, 3.05) is 0 Å². The van der Waals surface area contributed by atoms with Crippen LogP contribution in [-0.4, -0.2) is 23.8 Å². The van der Waals surface area contributed by atoms with Gasteiger partial charge in [0, 0.05) is 23.0 Å². The molecule has 0 aromatic carbocycles. The van der Waals surface area contributed by atoms with E-state index in [0.29, 0.717) is 0 Å². The minimum absolute atomic E-state index is 0.0354. The Morgan fingerprint density at radius 1 is 0.933 bits per heavy atom. The zero-order valence-electron chi connectivity index (χ0n) is 8.10. The zero-order valence-corrected chi connectivity index (χ0v) is 8.10. The van der Waals surface area contributed by atoms with E-state index < -0.39 is 0 Å². The van der Waals surface area contributed by atoms with E-state index in [9.17, 15) is 9.59 Å². The van der Waals surface area contributed by atoms with E-state index in [1.165, 1.54) is 12.2 Å². The summed E-state index contributed by atoms with van der Waals surface area (Å²) in [6.45, 7) is 0. The predicted molar refractivity (Wildman–Crippen MR) is 51.1 cm³/mol. The van der Waals surface area contributed by atoms with E-state index in [-0.39, 0.29) is 35.6 Å². The summed E-state index contributed by atoms with van der Waals surface area (Å²) in [6.07, 6.45) is 5.34. The molecule has 0 aromatic heterocycles. The first-order valence-corrected chi connectivity index (χ1v) is 5.43. The highest BCUT2D eigenvalue weighted by atomic mass is 16.6. The van der Waals surface area contributed by atoms with Crippen molar-refractivity contribution < 1.29 is 14.3 Å². The van der Waals surface area contributed by atoms with Crippen molar-refractivity contribution >= 4 is 11.6 Å². The molecule has 0 N–H and O–H groups in total. The van der Waals surface area contributed by atoms with Crippen molar-refractivity contribution in [3.8, 4) is 0 Å². The third-order valence-corrected chi connectivity index (χ3v) is 4.09. The predicted octanol–water partition coefficient (Wildman–Crippen LogP) is 0.798. The minimum Gasteiger partial charge on any atom is -0.368 e. The van der Waals surface area contributed by atoms with Crippen LogP contribution in [0.3, 0.4) is 0 Å². The number of rotatable bonds is 0. The van der Waals surface area contributed by atoms with E-state index in [2.05, 4.69) is 0 Å². The van der Waals surface area contributed by atoms with Gasteiger partial charge in [0.25, 0.3) is 0 Å². The standard InChI is InChI=1S/C12H10O3/c13-7-3-4-8(14)10-6-2-1-5(9(7)10)11-12(6)15-11/h3-6,11-12H,1-2H2. The maximum absolute atomic E-state index is 11.8. The fraction of sp³-hybridized carbons (Fsp3) is 0.500. The second-order valence-corrected chi connectivity index (χ2v) is 4.74. The first-order chi connectivity index (χ1) is 7.27. The molecule has 2 fully saturated rings. The molecule has 0 spiro atoms. The van der Waals surface area contributed by atoms with E-state index >= 15 is 0 Å². The minimum atomic E-state index is 0.0354. The Labute approximate surface area is 86.8 Å². The van der Waals surface area contributed by atoms with Crippen molar-refractivity contribution in [3.05, 3.63) is 23.3 Å². The lowest BCUT2D eigenvalue weighted by atomic mass is 9.64. The Hall–Kier alpha value is -1.22. The number of hydrogen-bond acceptors (Lipinski definition) is 3. The summed E-state index contributed by atoms with van der Waals surface area (Å²) in [5.41, 5.74) is 1.55. The number of ether oxygens (including phenoxy) is 1. The average Bonchev–Trinajstić information content (AvgIpc) is 3.04. The summed E-state index contributed by atoms with van der Waals surface area (Å²) < 4.78 is 5.58. The van der Waals surface area contributed by atoms with Crippen LogP contribution in [0.4, 0.5) is 0 Å². The molecule has 1 saturated heterocycles. The maximum Gasteiger partial charge on any atom is 0.182 e. The number of fused-ring (bicyclic) bond motifs is 1. The van der Waals surface area contributed by atoms with Gasteiger partial charge in [-0.2, -0.15) is 0 Å². The molecule has 2 bridgehead atoms. The average molecular weight is 202 g/mol. The molecule has 4 aliphatic carbocycles. The normalized spacial score (nSPS) is 45.6. The number of carbonyl (C=O) groups excluding carboxylic acids is 2. The first kappa shape index (κ1) is 7.99. The van der Waals surface area contributed by atoms with E-state index in [1.54, 1.807) is 0 Å². The van der Waals surface area contributed by atoms with Gasteiger partial charge in [0.2, 0.25) is 0 Å². The third-order valence-electron chi connectivity index (χ3n) is 4.09. The monoisotopic (exact) mass is 202 g/mol. The first-order valence-electron chi connectivity index (χ1n) is 5.43. The summed E-state index contributed by atoms with van der Waals surface area (Å²) in [7, 11) is 0. The van der Waals surface area contributed by atoms with Crippen LogP contribution in [0.5, 0.6) is 0 Å². The molecular weight excluding hydrogens is 192 g/mol. The Morgan fingerprint density at radius 3 is 1.87 bits per heavy atom. The molecule has 1 heterocycles. The SMILES string of the molecule is O=C1C=CC(=O)C2=C1C1CCC2C2OC12. The lowest BCUT2D eigenvalue weighted by molar-refractivity contribution is -0.116. The molecule has 5 rings (SSSR count). The van der Waals surface area contributed by atoms with Crippen molar-refractivity contribution in [3.63, 3.8) is 0 Å². The molecule has 0 radical (unpaired) electrons. The third kappa shape index (κ3) is 0.811. The molecule has 0 amide bonds. The Morgan fingerprint density at radius 2 is 1.40 bits per heavy atom. The van der Waals surface area contributed by atoms with Crippen molar-refractivity contribution in [2.24, 2.45) is 11.8 Å². The van der Waals surface area contributed by atoms with Gasteiger partial charge in [0.1, 0.15) is 0 Å². The van der Waals surface area contributed by atoms with Crippen LogP contribution in [0.25, 0.3) is 0 Å². The van der Waals surface area contributed by atoms with Gasteiger partial charge in [-0.25, -0.2) is 0 Å². The molecular formula is C12H10O3. The molecule has 4 atom stereocenters. The number of epoxide rings is 1. The Balaban J connectivity index is 1.94. The second-order valence-electron chi connectivity index (χ2n) is 4.74. The molecule has 1 aliphatic heterocycles. The van der Waals surface area contributed by atoms with Crippen molar-refractivity contribution in [1.29, 1.82) is 0 Å². The van der Waals surface area contributed by atoms with Gasteiger partial charge >= 0.3 is 0 Å².